The Hall–Kier alpha value is -9.91. The SMILES string of the molecule is CC1C=CC2=C(C=C1)c1nc3c(-c4cc5c(s4)-c4sc(/C=C6\C(=O)c7cc(F)c(F)cc7C6=C(C#N)C#N)cc4OC5(CCC(C)CCCC(C)C)CCC(C)CCCC(C)C)c4nsnc4c(-c4cc5c(s4)-c4sc(/C=C6\C(=O)c7cc(F)c(F)cc7C6=C(C#N)C#N)cc4OC5(CCC(C)CCCC(C)C)CCC(C)CCCC(C)C)c3nc1C2=O. The molecule has 634 valence electrons. The lowest BCUT2D eigenvalue weighted by Crippen LogP contribution is -2.36. The van der Waals surface area contributed by atoms with Crippen molar-refractivity contribution in [2.75, 3.05) is 0 Å². The van der Waals surface area contributed by atoms with E-state index < -0.39 is 57.2 Å². The molecule has 0 saturated carbocycles. The number of carbonyl (C=O) groups excluding carboxylic acids is 3. The summed E-state index contributed by atoms with van der Waals surface area (Å²) in [5, 5.41) is 41.7. The Morgan fingerprint density at radius 2 is 0.780 bits per heavy atom. The number of rotatable bonds is 32. The van der Waals surface area contributed by atoms with Crippen molar-refractivity contribution in [2.24, 2.45) is 53.3 Å². The average molecular weight is 1740 g/mol. The Kier molecular flexibility index (Phi) is 26.0. The van der Waals surface area contributed by atoms with E-state index in [1.54, 1.807) is 34.8 Å². The highest BCUT2D eigenvalue weighted by atomic mass is 32.1. The van der Waals surface area contributed by atoms with Gasteiger partial charge in [-0.1, -0.05) is 191 Å². The highest BCUT2D eigenvalue weighted by molar-refractivity contribution is 7.25. The maximum absolute atomic E-state index is 15.5. The van der Waals surface area contributed by atoms with E-state index in [4.69, 9.17) is 28.2 Å². The summed E-state index contributed by atoms with van der Waals surface area (Å²) in [5.74, 6) is -1.83. The summed E-state index contributed by atoms with van der Waals surface area (Å²) in [4.78, 5) is 62.3. The predicted molar refractivity (Wildman–Crippen MR) is 489 cm³/mol. The number of aromatic nitrogens is 4. The van der Waals surface area contributed by atoms with Crippen LogP contribution in [0.15, 0.2) is 101 Å². The van der Waals surface area contributed by atoms with Crippen molar-refractivity contribution in [1.82, 2.24) is 18.7 Å². The van der Waals surface area contributed by atoms with Crippen LogP contribution in [0.3, 0.4) is 0 Å². The van der Waals surface area contributed by atoms with Gasteiger partial charge in [-0.2, -0.15) is 29.8 Å². The number of nitrogens with zero attached hydrogens (tertiary/aromatic N) is 8. The number of Topliss-reactive ketones (excluding diaryl/α,β-unsaturated/α-hetero) is 3. The Balaban J connectivity index is 0.967. The molecular weight excluding hydrogens is 1640 g/mol. The molecule has 123 heavy (non-hydrogen) atoms. The minimum absolute atomic E-state index is 0.00961. The van der Waals surface area contributed by atoms with E-state index in [1.807, 2.05) is 54.6 Å². The van der Waals surface area contributed by atoms with Gasteiger partial charge >= 0.3 is 0 Å². The van der Waals surface area contributed by atoms with Gasteiger partial charge in [0.2, 0.25) is 5.78 Å². The van der Waals surface area contributed by atoms with Crippen molar-refractivity contribution >= 4 is 125 Å². The molecule has 0 saturated heterocycles. The normalized spacial score (nSPS) is 19.0. The first-order chi connectivity index (χ1) is 58.9. The molecule has 13 nitrogen and oxygen atoms in total. The zero-order valence-corrected chi connectivity index (χ0v) is 76.2. The summed E-state index contributed by atoms with van der Waals surface area (Å²) in [5.41, 5.74) is 3.62. The van der Waals surface area contributed by atoms with E-state index in [2.05, 4.69) is 108 Å². The first-order valence-electron chi connectivity index (χ1n) is 43.7. The van der Waals surface area contributed by atoms with Crippen LogP contribution in [0.2, 0.25) is 0 Å². The van der Waals surface area contributed by atoms with E-state index >= 15 is 22.4 Å². The third kappa shape index (κ3) is 17.3. The van der Waals surface area contributed by atoms with Gasteiger partial charge < -0.3 is 9.47 Å². The quantitative estimate of drug-likeness (QED) is 0.0218. The largest absolute Gasteiger partial charge is 0.481 e. The molecule has 15 rings (SSSR count). The number of hydrogen-bond acceptors (Lipinski definition) is 18. The Morgan fingerprint density at radius 3 is 1.14 bits per heavy atom. The molecule has 5 unspecified atom stereocenters. The van der Waals surface area contributed by atoms with E-state index in [0.29, 0.717) is 144 Å². The molecule has 3 aromatic carbocycles. The number of carbonyl (C=O) groups is 3. The minimum atomic E-state index is -1.24. The second kappa shape index (κ2) is 36.3. The standard InChI is InChI=1S/C101H102F4N8O5S5/c1-52(2)18-14-22-56(9)30-34-100(35-31-57(10)23-15-19-53(3)4)73-46-81(121-96(73)98-79(117-100)40-63(119-98)38-71-83(61(48-106)49-107)67-42-75(102)77(104)44-69(67)93(71)114)85-88-89(111-92-87(110-88)65-28-26-60(13)27-29-66(65)95(92)116)86(91-90(85)112-123-113-91)82-47-74-97(122-82)99-80(118-101(74,36-32-58(11)24-16-20-54(5)6)37-33-59(12)25-17-21-55(7)8)41-64(120-99)39-72-84(62(50-108)51-109)68-43-76(103)78(105)45-70(68)94(72)115/h26-29,38-47,52-60H,14-25,30-37H2,1-13H3/b71-38-,72-39-. The molecule has 0 radical (unpaired) electrons. The van der Waals surface area contributed by atoms with Crippen LogP contribution in [0.1, 0.15) is 287 Å². The van der Waals surface area contributed by atoms with Crippen molar-refractivity contribution in [3.05, 3.63) is 178 Å². The van der Waals surface area contributed by atoms with Crippen LogP contribution in [-0.2, 0) is 11.2 Å². The van der Waals surface area contributed by atoms with Crippen LogP contribution in [0.4, 0.5) is 17.6 Å². The molecule has 6 aliphatic rings. The summed E-state index contributed by atoms with van der Waals surface area (Å²) < 4.78 is 87.2. The third-order valence-corrected chi connectivity index (χ3v) is 30.9. The molecule has 6 aromatic heterocycles. The van der Waals surface area contributed by atoms with Gasteiger partial charge in [-0.15, -0.1) is 45.3 Å². The number of halogens is 4. The number of ketones is 3. The number of benzene rings is 3. The van der Waals surface area contributed by atoms with Gasteiger partial charge in [0.25, 0.3) is 0 Å². The van der Waals surface area contributed by atoms with Gasteiger partial charge in [0.1, 0.15) is 91.6 Å². The van der Waals surface area contributed by atoms with Crippen LogP contribution in [0, 0.1) is 122 Å². The molecule has 8 heterocycles. The molecule has 22 heteroatoms. The van der Waals surface area contributed by atoms with Crippen LogP contribution >= 0.6 is 57.1 Å². The predicted octanol–water partition coefficient (Wildman–Crippen LogP) is 29.1. The second-order valence-corrected chi connectivity index (χ2v) is 41.7. The maximum Gasteiger partial charge on any atom is 0.214 e. The molecule has 0 amide bonds. The number of fused-ring (bicyclic) bond motifs is 12. The first-order valence-corrected chi connectivity index (χ1v) is 47.7. The third-order valence-electron chi connectivity index (χ3n) is 25.6. The molecule has 2 aliphatic heterocycles. The lowest BCUT2D eigenvalue weighted by molar-refractivity contribution is 0.0322. The molecule has 0 fully saturated rings. The lowest BCUT2D eigenvalue weighted by atomic mass is 9.78. The lowest BCUT2D eigenvalue weighted by Gasteiger charge is -2.39. The van der Waals surface area contributed by atoms with Gasteiger partial charge in [0.15, 0.2) is 34.8 Å². The van der Waals surface area contributed by atoms with E-state index in [1.165, 1.54) is 22.7 Å². The Morgan fingerprint density at radius 1 is 0.431 bits per heavy atom. The summed E-state index contributed by atoms with van der Waals surface area (Å²) >= 11 is 6.94. The van der Waals surface area contributed by atoms with Crippen LogP contribution in [0.5, 0.6) is 11.5 Å². The molecule has 5 atom stereocenters. The molecule has 0 spiro atoms. The molecular formula is C101H102F4N8O5S5. The maximum atomic E-state index is 15.5. The summed E-state index contributed by atoms with van der Waals surface area (Å²) in [6.45, 7) is 29.4. The number of hydrogen-bond donors (Lipinski definition) is 0. The van der Waals surface area contributed by atoms with Gasteiger partial charge in [0.05, 0.1) is 31.2 Å². The van der Waals surface area contributed by atoms with E-state index in [-0.39, 0.29) is 61.9 Å². The minimum Gasteiger partial charge on any atom is -0.481 e. The first kappa shape index (κ1) is 88.0. The molecule has 0 bridgehead atoms. The summed E-state index contributed by atoms with van der Waals surface area (Å²) in [6, 6.07) is 19.4. The van der Waals surface area contributed by atoms with E-state index in [0.717, 1.165) is 179 Å². The zero-order chi connectivity index (χ0) is 87.4. The van der Waals surface area contributed by atoms with E-state index in [9.17, 15) is 30.6 Å². The number of thiophene rings is 4. The topological polar surface area (TPSA) is 216 Å². The van der Waals surface area contributed by atoms with Crippen molar-refractivity contribution < 1.29 is 41.4 Å². The smallest absolute Gasteiger partial charge is 0.214 e. The number of allylic oxidation sites excluding steroid dienone is 12. The highest BCUT2D eigenvalue weighted by Gasteiger charge is 2.48. The number of ether oxygens (including phenoxy) is 2. The number of nitriles is 4. The highest BCUT2D eigenvalue weighted by Crippen LogP contribution is 2.62. The van der Waals surface area contributed by atoms with Crippen LogP contribution in [0.25, 0.3) is 91.3 Å². The fourth-order valence-corrected chi connectivity index (χ4v) is 24.1. The van der Waals surface area contributed by atoms with Crippen molar-refractivity contribution in [1.29, 1.82) is 21.0 Å². The summed E-state index contributed by atoms with van der Waals surface area (Å²) in [6.07, 6.45) is 29.9. The van der Waals surface area contributed by atoms with Gasteiger partial charge in [-0.3, -0.25) is 14.4 Å². The monoisotopic (exact) mass is 1740 g/mol. The Labute approximate surface area is 738 Å². The average Bonchev–Trinajstić information content (AvgIpc) is 1.55. The molecule has 0 N–H and O–H groups in total. The summed E-state index contributed by atoms with van der Waals surface area (Å²) in [7, 11) is 0. The van der Waals surface area contributed by atoms with Crippen molar-refractivity contribution in [3.8, 4) is 76.2 Å². The van der Waals surface area contributed by atoms with Crippen LogP contribution in [-0.4, -0.2) is 36.1 Å². The van der Waals surface area contributed by atoms with Crippen molar-refractivity contribution in [2.45, 2.75) is 230 Å². The van der Waals surface area contributed by atoms with Crippen molar-refractivity contribution in [3.63, 3.8) is 0 Å². The van der Waals surface area contributed by atoms with Gasteiger partial charge in [0, 0.05) is 86.3 Å². The second-order valence-electron chi connectivity index (χ2n) is 36.9. The molecule has 9 aromatic rings. The molecule has 4 aliphatic carbocycles. The zero-order valence-electron chi connectivity index (χ0n) is 72.1. The van der Waals surface area contributed by atoms with Gasteiger partial charge in [-0.25, -0.2) is 27.5 Å². The Bertz CT molecular complexity index is 6110. The van der Waals surface area contributed by atoms with Crippen LogP contribution < -0.4 is 9.47 Å². The van der Waals surface area contributed by atoms with Gasteiger partial charge in [-0.05, 0) is 176 Å². The fraction of sp³-hybridized carbons (Fsp3) is 0.436. The fourth-order valence-electron chi connectivity index (χ4n) is 18.6.